The quantitative estimate of drug-likeness (QED) is 0.123. The van der Waals surface area contributed by atoms with Gasteiger partial charge in [-0.25, -0.2) is 4.98 Å². The lowest BCUT2D eigenvalue weighted by atomic mass is 9.81. The summed E-state index contributed by atoms with van der Waals surface area (Å²) in [4.78, 5) is 4.88. The van der Waals surface area contributed by atoms with Gasteiger partial charge in [-0.1, -0.05) is 193 Å². The van der Waals surface area contributed by atoms with Crippen molar-refractivity contribution in [3.8, 4) is 84.3 Å². The van der Waals surface area contributed by atoms with Crippen LogP contribution in [0.2, 0.25) is 0 Å². The summed E-state index contributed by atoms with van der Waals surface area (Å²) in [6.45, 7) is 12.8. The minimum absolute atomic E-state index is 0.00598. The molecule has 73 heavy (non-hydrogen) atoms. The van der Waals surface area contributed by atoms with Gasteiger partial charge in [0.05, 0.1) is 47.1 Å². The minimum atomic E-state index is -0.512. The van der Waals surface area contributed by atoms with Crippen molar-refractivity contribution in [2.75, 3.05) is 0 Å². The molecule has 0 spiro atoms. The molecule has 352 valence electrons. The molecule has 1 aliphatic rings. The Morgan fingerprint density at radius 3 is 1.81 bits per heavy atom. The highest BCUT2D eigenvalue weighted by Gasteiger charge is 2.29. The molecule has 5 nitrogen and oxygen atoms in total. The maximum Gasteiger partial charge on any atom is 0.269 e. The van der Waals surface area contributed by atoms with Crippen molar-refractivity contribution in [2.45, 2.75) is 52.4 Å². The fourth-order valence-electron chi connectivity index (χ4n) is 10.4. The SMILES string of the molecule is [2H]c1c([2H])c([2H])c(-c2cc3c4c(c2)n(-c2cccc(Oc5ccc6c7ccccc7n(-c7cc(C(C)(C)C)ccn7)c6c5)c2)[c-][n+]4-c2c(cc(C(C)(C)C)cc2-c2c([2H])c([2H])c([2H])c([2H])c2[2H])-c2ccccc2-c2ccccc2-3)c([2H])c1[2H]. The summed E-state index contributed by atoms with van der Waals surface area (Å²) in [6, 6.07) is 45.3. The van der Waals surface area contributed by atoms with Gasteiger partial charge in [0, 0.05) is 23.0 Å². The molecule has 0 N–H and O–H groups in total. The van der Waals surface area contributed by atoms with E-state index >= 15 is 0 Å². The fourth-order valence-corrected chi connectivity index (χ4v) is 10.4. The first-order valence-electron chi connectivity index (χ1n) is 29.5. The Morgan fingerprint density at radius 1 is 0.479 bits per heavy atom. The van der Waals surface area contributed by atoms with Crippen molar-refractivity contribution in [3.63, 3.8) is 0 Å². The first-order chi connectivity index (χ1) is 39.6. The lowest BCUT2D eigenvalue weighted by Gasteiger charge is -2.26. The Kier molecular flexibility index (Phi) is 8.00. The van der Waals surface area contributed by atoms with Gasteiger partial charge in [0.15, 0.2) is 0 Å². The standard InChI is InChI=1S/C68H54N4O/c1-67(2,3)47-34-35-69-64(40-47)72-61-31-18-17-30-56(61)57-33-32-51(42-62(57)72)73-50-25-19-24-49(41-50)70-43-71-65-58(45-22-11-8-12-23-45)38-48(68(4,5)6)39-60(65)55-29-16-14-27-53(55)52-26-13-15-28-54(52)59-36-46(37-63(70)66(59)71)44-20-9-7-10-21-44/h7-42H,1-6H3/i7D,8D,9D,10D,11D,12D,20D,21D,22D,23D. The lowest BCUT2D eigenvalue weighted by molar-refractivity contribution is -0.570. The summed E-state index contributed by atoms with van der Waals surface area (Å²) in [5.74, 6) is 1.83. The smallest absolute Gasteiger partial charge is 0.269 e. The summed E-state index contributed by atoms with van der Waals surface area (Å²) >= 11 is 0. The topological polar surface area (TPSA) is 35.9 Å². The largest absolute Gasteiger partial charge is 0.458 e. The third kappa shape index (κ3) is 7.54. The molecule has 4 heterocycles. The van der Waals surface area contributed by atoms with Crippen molar-refractivity contribution in [2.24, 2.45) is 0 Å². The molecule has 0 atom stereocenters. The highest BCUT2D eigenvalue weighted by molar-refractivity contribution is 6.09. The molecule has 0 radical (unpaired) electrons. The normalized spacial score (nSPS) is 14.2. The van der Waals surface area contributed by atoms with E-state index in [1.165, 1.54) is 0 Å². The number of nitrogens with zero attached hydrogens (tertiary/aromatic N) is 4. The van der Waals surface area contributed by atoms with E-state index in [0.29, 0.717) is 56.2 Å². The van der Waals surface area contributed by atoms with Crippen LogP contribution in [0.15, 0.2) is 218 Å². The highest BCUT2D eigenvalue weighted by atomic mass is 16.5. The molecular weight excluding hydrogens is 889 g/mol. The minimum Gasteiger partial charge on any atom is -0.458 e. The van der Waals surface area contributed by atoms with E-state index in [4.69, 9.17) is 17.9 Å². The van der Waals surface area contributed by atoms with Crippen LogP contribution in [0.3, 0.4) is 0 Å². The van der Waals surface area contributed by atoms with Crippen molar-refractivity contribution in [3.05, 3.63) is 236 Å². The predicted octanol–water partition coefficient (Wildman–Crippen LogP) is 17.2. The Hall–Kier alpha value is -8.80. The van der Waals surface area contributed by atoms with Crippen LogP contribution in [-0.4, -0.2) is 14.1 Å². The number of hydrogen-bond donors (Lipinski definition) is 0. The van der Waals surface area contributed by atoms with Crippen LogP contribution in [0.4, 0.5) is 0 Å². The number of imidazole rings is 1. The van der Waals surface area contributed by atoms with Crippen LogP contribution in [0.1, 0.15) is 66.4 Å². The van der Waals surface area contributed by atoms with Crippen LogP contribution < -0.4 is 9.30 Å². The molecule has 12 aromatic rings. The van der Waals surface area contributed by atoms with Crippen LogP contribution >= 0.6 is 0 Å². The van der Waals surface area contributed by atoms with E-state index in [1.54, 1.807) is 0 Å². The Balaban J connectivity index is 1.12. The van der Waals surface area contributed by atoms with E-state index < -0.39 is 41.7 Å². The fraction of sp³-hybridized carbons (Fsp3) is 0.118. The van der Waals surface area contributed by atoms with Crippen molar-refractivity contribution in [1.29, 1.82) is 0 Å². The molecule has 13 rings (SSSR count). The monoisotopic (exact) mass is 952 g/mol. The van der Waals surface area contributed by atoms with Gasteiger partial charge in [0.2, 0.25) is 0 Å². The first-order valence-corrected chi connectivity index (χ1v) is 24.5. The number of fused-ring (bicyclic) bond motifs is 10. The number of pyridine rings is 1. The van der Waals surface area contributed by atoms with Crippen LogP contribution in [0, 0.1) is 6.33 Å². The molecule has 0 saturated carbocycles. The highest BCUT2D eigenvalue weighted by Crippen LogP contribution is 2.48. The van der Waals surface area contributed by atoms with Crippen molar-refractivity contribution < 1.29 is 23.0 Å². The summed E-state index contributed by atoms with van der Waals surface area (Å²) in [7, 11) is 0. The first kappa shape index (κ1) is 34.5. The van der Waals surface area contributed by atoms with E-state index in [2.05, 4.69) is 88.8 Å². The maximum absolute atomic E-state index is 9.53. The number of aromatic nitrogens is 4. The summed E-state index contributed by atoms with van der Waals surface area (Å²) < 4.78 is 103. The van der Waals surface area contributed by atoms with Crippen molar-refractivity contribution >= 4 is 32.8 Å². The van der Waals surface area contributed by atoms with E-state index in [0.717, 1.165) is 61.0 Å². The van der Waals surface area contributed by atoms with Gasteiger partial charge in [-0.2, -0.15) is 0 Å². The second-order valence-electron chi connectivity index (χ2n) is 20.7. The maximum atomic E-state index is 9.53. The molecule has 5 heteroatoms. The molecule has 3 aromatic heterocycles. The van der Waals surface area contributed by atoms with Gasteiger partial charge in [-0.3, -0.25) is 13.7 Å². The molecule has 1 aliphatic heterocycles. The predicted molar refractivity (Wildman–Crippen MR) is 300 cm³/mol. The third-order valence-corrected chi connectivity index (χ3v) is 14.0. The molecular formula is C68H54N4O. The summed E-state index contributed by atoms with van der Waals surface area (Å²) in [5, 5.41) is 2.10. The van der Waals surface area contributed by atoms with Gasteiger partial charge < -0.3 is 4.74 Å². The van der Waals surface area contributed by atoms with Gasteiger partial charge in [0.1, 0.15) is 17.3 Å². The second kappa shape index (κ2) is 16.9. The van der Waals surface area contributed by atoms with Gasteiger partial charge >= 0.3 is 0 Å². The van der Waals surface area contributed by atoms with Crippen LogP contribution in [0.5, 0.6) is 11.5 Å². The molecule has 0 unspecified atom stereocenters. The summed E-state index contributed by atoms with van der Waals surface area (Å²) in [6.07, 6.45) is 5.59. The average Bonchev–Trinajstić information content (AvgIpc) is 1.82. The molecule has 9 aromatic carbocycles. The van der Waals surface area contributed by atoms with Crippen molar-refractivity contribution in [1.82, 2.24) is 14.1 Å². The number of ether oxygens (including phenoxy) is 1. The molecule has 0 saturated heterocycles. The number of benzene rings is 9. The Bertz CT molecular complexity index is 4700. The van der Waals surface area contributed by atoms with Gasteiger partial charge in [0.25, 0.3) is 6.33 Å². The average molecular weight is 953 g/mol. The zero-order valence-corrected chi connectivity index (χ0v) is 41.2. The van der Waals surface area contributed by atoms with Crippen LogP contribution in [0.25, 0.3) is 106 Å². The van der Waals surface area contributed by atoms with E-state index in [9.17, 15) is 5.48 Å². The Morgan fingerprint density at radius 2 is 1.10 bits per heavy atom. The zero-order chi connectivity index (χ0) is 58.3. The Labute approximate surface area is 440 Å². The molecule has 0 aliphatic carbocycles. The van der Waals surface area contributed by atoms with E-state index in [1.807, 2.05) is 131 Å². The number of rotatable bonds is 6. The molecule has 0 amide bonds. The third-order valence-electron chi connectivity index (χ3n) is 14.0. The van der Waals surface area contributed by atoms with Gasteiger partial charge in [-0.15, -0.1) is 0 Å². The molecule has 0 fully saturated rings. The van der Waals surface area contributed by atoms with Crippen LogP contribution in [-0.2, 0) is 10.8 Å². The number of para-hydroxylation sites is 1. The zero-order valence-electron chi connectivity index (χ0n) is 51.2. The molecule has 0 bridgehead atoms. The summed E-state index contributed by atoms with van der Waals surface area (Å²) in [5.41, 5.74) is 10.8. The number of hydrogen-bond acceptors (Lipinski definition) is 2. The second-order valence-corrected chi connectivity index (χ2v) is 20.7. The lowest BCUT2D eigenvalue weighted by Crippen LogP contribution is -2.32. The van der Waals surface area contributed by atoms with Gasteiger partial charge in [-0.05, 0) is 132 Å². The van der Waals surface area contributed by atoms with E-state index in [-0.39, 0.29) is 40.7 Å².